The van der Waals surface area contributed by atoms with Gasteiger partial charge in [-0.2, -0.15) is 0 Å². The third-order valence-electron chi connectivity index (χ3n) is 5.60. The van der Waals surface area contributed by atoms with Gasteiger partial charge in [0.2, 0.25) is 0 Å². The fraction of sp³-hybridized carbons (Fsp3) is 0.579. The van der Waals surface area contributed by atoms with Gasteiger partial charge in [0.05, 0.1) is 13.7 Å². The summed E-state index contributed by atoms with van der Waals surface area (Å²) in [6.07, 6.45) is 4.86. The third-order valence-corrected chi connectivity index (χ3v) is 5.60. The second-order valence-corrected chi connectivity index (χ2v) is 6.97. The normalized spacial score (nSPS) is 25.5. The molecule has 124 valence electrons. The maximum atomic E-state index is 5.64. The molecule has 2 aromatic rings. The van der Waals surface area contributed by atoms with Gasteiger partial charge >= 0.3 is 0 Å². The number of rotatable bonds is 4. The monoisotopic (exact) mass is 314 g/mol. The van der Waals surface area contributed by atoms with Gasteiger partial charge < -0.3 is 19.4 Å². The first-order valence-electron chi connectivity index (χ1n) is 8.72. The van der Waals surface area contributed by atoms with E-state index in [1.165, 1.54) is 41.5 Å². The minimum Gasteiger partial charge on any atom is -0.497 e. The molecule has 0 aliphatic carbocycles. The summed E-state index contributed by atoms with van der Waals surface area (Å²) in [7, 11) is 4.00. The Labute approximate surface area is 137 Å². The van der Waals surface area contributed by atoms with Gasteiger partial charge in [0.15, 0.2) is 0 Å². The average Bonchev–Trinajstić information content (AvgIpc) is 3.29. The lowest BCUT2D eigenvalue weighted by Gasteiger charge is -2.20. The first-order chi connectivity index (χ1) is 11.3. The predicted octanol–water partition coefficient (Wildman–Crippen LogP) is 3.32. The Hall–Kier alpha value is -1.52. The van der Waals surface area contributed by atoms with Crippen LogP contribution in [-0.2, 0) is 11.2 Å². The summed E-state index contributed by atoms with van der Waals surface area (Å²) in [5, 5.41) is 1.33. The maximum absolute atomic E-state index is 5.64. The van der Waals surface area contributed by atoms with E-state index in [4.69, 9.17) is 9.47 Å². The van der Waals surface area contributed by atoms with E-state index in [2.05, 4.69) is 29.1 Å². The molecule has 3 heterocycles. The van der Waals surface area contributed by atoms with Crippen molar-refractivity contribution >= 4 is 10.9 Å². The lowest BCUT2D eigenvalue weighted by Crippen LogP contribution is -2.27. The molecule has 2 atom stereocenters. The molecular weight excluding hydrogens is 288 g/mol. The van der Waals surface area contributed by atoms with Crippen molar-refractivity contribution in [2.75, 3.05) is 33.9 Å². The van der Waals surface area contributed by atoms with E-state index in [9.17, 15) is 0 Å². The number of hydrogen-bond donors (Lipinski definition) is 1. The topological polar surface area (TPSA) is 37.5 Å². The molecule has 0 amide bonds. The summed E-state index contributed by atoms with van der Waals surface area (Å²) in [6.45, 7) is 2.95. The van der Waals surface area contributed by atoms with Crippen molar-refractivity contribution in [2.45, 2.75) is 37.6 Å². The number of nitrogens with zero attached hydrogens (tertiary/aromatic N) is 1. The Morgan fingerprint density at radius 3 is 2.96 bits per heavy atom. The van der Waals surface area contributed by atoms with E-state index in [0.717, 1.165) is 31.8 Å². The number of likely N-dealkylation sites (N-methyl/N-ethyl adjacent to an activating group) is 1. The first kappa shape index (κ1) is 15.0. The summed E-state index contributed by atoms with van der Waals surface area (Å²) in [6, 6.07) is 7.03. The first-order valence-corrected chi connectivity index (χ1v) is 8.72. The summed E-state index contributed by atoms with van der Waals surface area (Å²) in [4.78, 5) is 6.20. The summed E-state index contributed by atoms with van der Waals surface area (Å²) >= 11 is 0. The van der Waals surface area contributed by atoms with Crippen LogP contribution in [0.5, 0.6) is 5.75 Å². The molecule has 1 N–H and O–H groups in total. The Bertz CT molecular complexity index is 688. The number of aromatic amines is 1. The lowest BCUT2D eigenvalue weighted by atomic mass is 9.94. The second-order valence-electron chi connectivity index (χ2n) is 6.97. The van der Waals surface area contributed by atoms with Crippen molar-refractivity contribution in [3.8, 4) is 5.75 Å². The number of nitrogens with one attached hydrogen (secondary N) is 1. The van der Waals surface area contributed by atoms with Gasteiger partial charge in [0.25, 0.3) is 0 Å². The quantitative estimate of drug-likeness (QED) is 0.941. The van der Waals surface area contributed by atoms with Crippen molar-refractivity contribution in [2.24, 2.45) is 0 Å². The van der Waals surface area contributed by atoms with Gasteiger partial charge in [-0.3, -0.25) is 0 Å². The van der Waals surface area contributed by atoms with E-state index in [1.807, 2.05) is 6.07 Å². The standard InChI is InChI=1S/C19H26N2O2/c1-21-8-3-4-14(21)10-17-16-11-15(22-2)5-6-18(16)20-19(17)13-7-9-23-12-13/h5-6,11,13-14,20H,3-4,7-10,12H2,1-2H3/t13-,14+/m0/s1. The summed E-state index contributed by atoms with van der Waals surface area (Å²) < 4.78 is 11.1. The van der Waals surface area contributed by atoms with Crippen LogP contribution in [0.4, 0.5) is 0 Å². The minimum atomic E-state index is 0.509. The van der Waals surface area contributed by atoms with Crippen LogP contribution in [0.15, 0.2) is 18.2 Å². The fourth-order valence-corrected chi connectivity index (χ4v) is 4.18. The molecule has 0 unspecified atom stereocenters. The number of likely N-dealkylation sites (tertiary alicyclic amines) is 1. The molecule has 4 nitrogen and oxygen atoms in total. The molecule has 1 aromatic heterocycles. The van der Waals surface area contributed by atoms with Crippen LogP contribution in [0.3, 0.4) is 0 Å². The summed E-state index contributed by atoms with van der Waals surface area (Å²) in [5.74, 6) is 1.45. The molecule has 0 bridgehead atoms. The van der Waals surface area contributed by atoms with Crippen LogP contribution in [0.25, 0.3) is 10.9 Å². The van der Waals surface area contributed by atoms with Crippen LogP contribution in [-0.4, -0.2) is 49.8 Å². The Morgan fingerprint density at radius 1 is 1.35 bits per heavy atom. The van der Waals surface area contributed by atoms with Crippen LogP contribution >= 0.6 is 0 Å². The van der Waals surface area contributed by atoms with Crippen molar-refractivity contribution in [1.82, 2.24) is 9.88 Å². The zero-order valence-corrected chi connectivity index (χ0v) is 14.1. The van der Waals surface area contributed by atoms with Crippen molar-refractivity contribution in [3.05, 3.63) is 29.5 Å². The smallest absolute Gasteiger partial charge is 0.119 e. The van der Waals surface area contributed by atoms with Gasteiger partial charge in [-0.15, -0.1) is 0 Å². The second kappa shape index (κ2) is 6.17. The highest BCUT2D eigenvalue weighted by molar-refractivity contribution is 5.86. The number of hydrogen-bond acceptors (Lipinski definition) is 3. The Kier molecular flexibility index (Phi) is 4.04. The van der Waals surface area contributed by atoms with Crippen LogP contribution < -0.4 is 4.74 Å². The van der Waals surface area contributed by atoms with Gasteiger partial charge in [-0.25, -0.2) is 0 Å². The Balaban J connectivity index is 1.77. The van der Waals surface area contributed by atoms with Gasteiger partial charge in [0.1, 0.15) is 5.75 Å². The number of aromatic nitrogens is 1. The van der Waals surface area contributed by atoms with E-state index in [-0.39, 0.29) is 0 Å². The molecule has 0 spiro atoms. The third kappa shape index (κ3) is 2.74. The molecule has 4 rings (SSSR count). The number of benzene rings is 1. The van der Waals surface area contributed by atoms with Gasteiger partial charge in [0, 0.05) is 35.2 Å². The maximum Gasteiger partial charge on any atom is 0.119 e. The van der Waals surface area contributed by atoms with Crippen LogP contribution in [0, 0.1) is 0 Å². The van der Waals surface area contributed by atoms with E-state index >= 15 is 0 Å². The van der Waals surface area contributed by atoms with Gasteiger partial charge in [-0.1, -0.05) is 0 Å². The molecule has 0 saturated carbocycles. The molecule has 1 aromatic carbocycles. The zero-order chi connectivity index (χ0) is 15.8. The highest BCUT2D eigenvalue weighted by Gasteiger charge is 2.28. The molecule has 2 aliphatic heterocycles. The fourth-order valence-electron chi connectivity index (χ4n) is 4.18. The SMILES string of the molecule is COc1ccc2[nH]c([C@H]3CCOC3)c(C[C@H]3CCCN3C)c2c1. The summed E-state index contributed by atoms with van der Waals surface area (Å²) in [5.41, 5.74) is 4.10. The molecule has 2 fully saturated rings. The van der Waals surface area contributed by atoms with E-state index in [0.29, 0.717) is 12.0 Å². The Morgan fingerprint density at radius 2 is 2.26 bits per heavy atom. The molecule has 2 saturated heterocycles. The minimum absolute atomic E-state index is 0.509. The zero-order valence-electron chi connectivity index (χ0n) is 14.1. The van der Waals surface area contributed by atoms with Crippen molar-refractivity contribution in [1.29, 1.82) is 0 Å². The highest BCUT2D eigenvalue weighted by atomic mass is 16.5. The largest absolute Gasteiger partial charge is 0.497 e. The van der Waals surface area contributed by atoms with Crippen molar-refractivity contribution in [3.63, 3.8) is 0 Å². The number of methoxy groups -OCH3 is 1. The lowest BCUT2D eigenvalue weighted by molar-refractivity contribution is 0.193. The van der Waals surface area contributed by atoms with E-state index in [1.54, 1.807) is 7.11 Å². The highest BCUT2D eigenvalue weighted by Crippen LogP contribution is 2.36. The van der Waals surface area contributed by atoms with Crippen LogP contribution in [0.2, 0.25) is 0 Å². The molecule has 23 heavy (non-hydrogen) atoms. The number of fused-ring (bicyclic) bond motifs is 1. The molecule has 0 radical (unpaired) electrons. The van der Waals surface area contributed by atoms with Crippen LogP contribution in [0.1, 0.15) is 36.4 Å². The number of H-pyrrole nitrogens is 1. The molecule has 2 aliphatic rings. The average molecular weight is 314 g/mol. The van der Waals surface area contributed by atoms with Gasteiger partial charge in [-0.05, 0) is 63.0 Å². The molecule has 4 heteroatoms. The van der Waals surface area contributed by atoms with E-state index < -0.39 is 0 Å². The number of ether oxygens (including phenoxy) is 2. The predicted molar refractivity (Wildman–Crippen MR) is 92.4 cm³/mol. The van der Waals surface area contributed by atoms with Crippen molar-refractivity contribution < 1.29 is 9.47 Å². The molecular formula is C19H26N2O2.